The number of aromatic nitrogens is 1. The molecule has 1 aromatic rings. The standard InChI is InChI=1S/C9H15N3S2/c1-9(2,3)12-8(13-4)11-7-10-5-6-14-7/h5-6H,1-4H3,(H,10,11,12). The van der Waals surface area contributed by atoms with Gasteiger partial charge < -0.3 is 5.32 Å². The molecule has 0 aliphatic rings. The van der Waals surface area contributed by atoms with Gasteiger partial charge in [0, 0.05) is 11.6 Å². The maximum Gasteiger partial charge on any atom is 0.188 e. The topological polar surface area (TPSA) is 37.3 Å². The van der Waals surface area contributed by atoms with Crippen LogP contribution in [0.5, 0.6) is 0 Å². The molecule has 0 fully saturated rings. The molecule has 0 amide bonds. The van der Waals surface area contributed by atoms with Crippen molar-refractivity contribution in [3.63, 3.8) is 0 Å². The third-order valence-electron chi connectivity index (χ3n) is 1.28. The summed E-state index contributed by atoms with van der Waals surface area (Å²) in [6, 6.07) is 0. The van der Waals surface area contributed by atoms with Gasteiger partial charge in [-0.3, -0.25) is 4.99 Å². The molecular formula is C9H15N3S2. The van der Waals surface area contributed by atoms with Crippen molar-refractivity contribution in [1.82, 2.24) is 4.98 Å². The van der Waals surface area contributed by atoms with Crippen molar-refractivity contribution in [2.24, 2.45) is 4.99 Å². The zero-order valence-electron chi connectivity index (χ0n) is 8.87. The number of amidine groups is 1. The lowest BCUT2D eigenvalue weighted by molar-refractivity contribution is 0.585. The molecule has 1 aromatic heterocycles. The molecule has 0 unspecified atom stereocenters. The number of aliphatic imine (C=N–C) groups is 1. The van der Waals surface area contributed by atoms with E-state index in [-0.39, 0.29) is 5.54 Å². The number of hydrogen-bond acceptors (Lipinski definition) is 4. The molecule has 0 aliphatic carbocycles. The van der Waals surface area contributed by atoms with Gasteiger partial charge in [-0.2, -0.15) is 0 Å². The van der Waals surface area contributed by atoms with Crippen LogP contribution in [0.15, 0.2) is 16.6 Å². The minimum atomic E-state index is -0.0530. The summed E-state index contributed by atoms with van der Waals surface area (Å²) in [6.07, 6.45) is 3.78. The summed E-state index contributed by atoms with van der Waals surface area (Å²) in [6.45, 7) is 6.23. The van der Waals surface area contributed by atoms with E-state index in [1.165, 1.54) is 0 Å². The van der Waals surface area contributed by atoms with Crippen LogP contribution in [0.1, 0.15) is 20.8 Å². The minimum Gasteiger partial charge on any atom is -0.311 e. The van der Waals surface area contributed by atoms with Gasteiger partial charge in [0.1, 0.15) is 0 Å². The molecule has 0 aliphatic heterocycles. The second kappa shape index (κ2) is 4.79. The number of thioether (sulfide) groups is 1. The van der Waals surface area contributed by atoms with E-state index in [9.17, 15) is 0 Å². The van der Waals surface area contributed by atoms with Gasteiger partial charge in [0.25, 0.3) is 0 Å². The van der Waals surface area contributed by atoms with Gasteiger partial charge in [-0.1, -0.05) is 11.8 Å². The maximum absolute atomic E-state index is 4.54. The Kier molecular flexibility index (Phi) is 3.95. The lowest BCUT2D eigenvalue weighted by Crippen LogP contribution is -2.17. The predicted molar refractivity (Wildman–Crippen MR) is 66.4 cm³/mol. The first-order chi connectivity index (χ1) is 6.51. The van der Waals surface area contributed by atoms with E-state index >= 15 is 0 Å². The summed E-state index contributed by atoms with van der Waals surface area (Å²) in [7, 11) is 0. The van der Waals surface area contributed by atoms with E-state index in [4.69, 9.17) is 0 Å². The van der Waals surface area contributed by atoms with Crippen LogP contribution in [0.3, 0.4) is 0 Å². The monoisotopic (exact) mass is 229 g/mol. The number of nitrogens with zero attached hydrogens (tertiary/aromatic N) is 2. The summed E-state index contributed by atoms with van der Waals surface area (Å²) >= 11 is 3.18. The van der Waals surface area contributed by atoms with Crippen LogP contribution >= 0.6 is 23.1 Å². The molecule has 0 bridgehead atoms. The van der Waals surface area contributed by atoms with Crippen LogP contribution in [-0.2, 0) is 0 Å². The quantitative estimate of drug-likeness (QED) is 0.594. The minimum absolute atomic E-state index is 0.0530. The lowest BCUT2D eigenvalue weighted by Gasteiger charge is -2.14. The van der Waals surface area contributed by atoms with E-state index in [2.05, 4.69) is 36.1 Å². The number of rotatable bonds is 1. The molecule has 0 saturated heterocycles. The van der Waals surface area contributed by atoms with E-state index < -0.39 is 0 Å². The van der Waals surface area contributed by atoms with Gasteiger partial charge in [-0.15, -0.1) is 11.3 Å². The Balaban J connectivity index is 2.69. The van der Waals surface area contributed by atoms with Gasteiger partial charge >= 0.3 is 0 Å². The zero-order valence-corrected chi connectivity index (χ0v) is 10.5. The third kappa shape index (κ3) is 4.11. The van der Waals surface area contributed by atoms with Crippen molar-refractivity contribution in [3.05, 3.63) is 11.6 Å². The highest BCUT2D eigenvalue weighted by atomic mass is 32.2. The summed E-state index contributed by atoms with van der Waals surface area (Å²) in [4.78, 5) is 8.68. The Morgan fingerprint density at radius 3 is 2.71 bits per heavy atom. The second-order valence-corrected chi connectivity index (χ2v) is 5.44. The first-order valence-corrected chi connectivity index (χ1v) is 6.42. The summed E-state index contributed by atoms with van der Waals surface area (Å²) in [5.74, 6) is 0. The number of hydrogen-bond donors (Lipinski definition) is 1. The Morgan fingerprint density at radius 1 is 1.57 bits per heavy atom. The molecular weight excluding hydrogens is 214 g/mol. The highest BCUT2D eigenvalue weighted by Crippen LogP contribution is 2.16. The van der Waals surface area contributed by atoms with Gasteiger partial charge in [0.05, 0.1) is 5.54 Å². The number of anilines is 1. The molecule has 1 rings (SSSR count). The third-order valence-corrected chi connectivity index (χ3v) is 2.55. The van der Waals surface area contributed by atoms with Crippen molar-refractivity contribution in [2.45, 2.75) is 26.3 Å². The van der Waals surface area contributed by atoms with Crippen LogP contribution in [0.2, 0.25) is 0 Å². The first kappa shape index (κ1) is 11.5. The van der Waals surface area contributed by atoms with Crippen LogP contribution in [-0.4, -0.2) is 21.9 Å². The van der Waals surface area contributed by atoms with E-state index in [0.29, 0.717) is 0 Å². The Morgan fingerprint density at radius 2 is 2.29 bits per heavy atom. The van der Waals surface area contributed by atoms with E-state index in [1.807, 2.05) is 11.6 Å². The molecule has 1 N–H and O–H groups in total. The smallest absolute Gasteiger partial charge is 0.188 e. The van der Waals surface area contributed by atoms with Gasteiger partial charge in [-0.25, -0.2) is 4.98 Å². The Bertz CT molecular complexity index is 298. The summed E-state index contributed by atoms with van der Waals surface area (Å²) < 4.78 is 0. The Hall–Kier alpha value is -0.550. The molecule has 78 valence electrons. The van der Waals surface area contributed by atoms with Crippen LogP contribution in [0, 0.1) is 0 Å². The molecule has 14 heavy (non-hydrogen) atoms. The molecule has 0 spiro atoms. The second-order valence-electron chi connectivity index (χ2n) is 3.75. The normalized spacial score (nSPS) is 13.0. The molecule has 0 aromatic carbocycles. The molecule has 1 heterocycles. The van der Waals surface area contributed by atoms with Crippen molar-refractivity contribution in [3.8, 4) is 0 Å². The fourth-order valence-electron chi connectivity index (χ4n) is 0.806. The van der Waals surface area contributed by atoms with Crippen LogP contribution in [0.25, 0.3) is 0 Å². The molecule has 0 atom stereocenters. The average Bonchev–Trinajstić information content (AvgIpc) is 2.53. The maximum atomic E-state index is 4.54. The molecule has 3 nitrogen and oxygen atoms in total. The van der Waals surface area contributed by atoms with Crippen molar-refractivity contribution in [1.29, 1.82) is 0 Å². The predicted octanol–water partition coefficient (Wildman–Crippen LogP) is 3.07. The number of thiazole rings is 1. The first-order valence-electron chi connectivity index (χ1n) is 4.31. The molecule has 5 heteroatoms. The summed E-state index contributed by atoms with van der Waals surface area (Å²) in [5, 5.41) is 6.93. The van der Waals surface area contributed by atoms with Crippen LogP contribution in [0.4, 0.5) is 5.13 Å². The highest BCUT2D eigenvalue weighted by Gasteiger charge is 2.10. The summed E-state index contributed by atoms with van der Waals surface area (Å²) in [5.41, 5.74) is -0.0530. The van der Waals surface area contributed by atoms with Gasteiger partial charge in [-0.05, 0) is 27.0 Å². The SMILES string of the molecule is CSC(=NC(C)(C)C)Nc1nccs1. The van der Waals surface area contributed by atoms with E-state index in [1.54, 1.807) is 29.3 Å². The lowest BCUT2D eigenvalue weighted by atomic mass is 10.1. The largest absolute Gasteiger partial charge is 0.311 e. The Labute approximate surface area is 93.0 Å². The van der Waals surface area contributed by atoms with Gasteiger partial charge in [0.15, 0.2) is 10.3 Å². The van der Waals surface area contributed by atoms with Gasteiger partial charge in [0.2, 0.25) is 0 Å². The van der Waals surface area contributed by atoms with E-state index in [0.717, 1.165) is 10.3 Å². The van der Waals surface area contributed by atoms with Crippen molar-refractivity contribution >= 4 is 33.4 Å². The van der Waals surface area contributed by atoms with Crippen LogP contribution < -0.4 is 5.32 Å². The highest BCUT2D eigenvalue weighted by molar-refractivity contribution is 8.13. The molecule has 0 radical (unpaired) electrons. The van der Waals surface area contributed by atoms with Crippen molar-refractivity contribution in [2.75, 3.05) is 11.6 Å². The van der Waals surface area contributed by atoms with Crippen molar-refractivity contribution < 1.29 is 0 Å². The fourth-order valence-corrected chi connectivity index (χ4v) is 1.96. The zero-order chi connectivity index (χ0) is 10.6. The fraction of sp³-hybridized carbons (Fsp3) is 0.556. The average molecular weight is 229 g/mol. The molecule has 0 saturated carbocycles. The number of nitrogens with one attached hydrogen (secondary N) is 1.